The normalized spacial score (nSPS) is 13.5. The van der Waals surface area contributed by atoms with Crippen LogP contribution in [0.15, 0.2) is 0 Å². The van der Waals surface area contributed by atoms with Crippen molar-refractivity contribution < 1.29 is 4.43 Å². The first-order chi connectivity index (χ1) is 3.56. The maximum absolute atomic E-state index is 5.34. The van der Waals surface area contributed by atoms with Crippen molar-refractivity contribution in [2.45, 2.75) is 10.3 Å². The Morgan fingerprint density at radius 3 is 2.12 bits per heavy atom. The molecule has 0 amide bonds. The zero-order valence-electron chi connectivity index (χ0n) is 4.46. The number of halogens is 3. The summed E-state index contributed by atoms with van der Waals surface area (Å²) in [5, 5.41) is 0. The molecule has 0 aliphatic rings. The van der Waals surface area contributed by atoms with E-state index in [0.29, 0.717) is 0 Å². The van der Waals surface area contributed by atoms with Crippen molar-refractivity contribution >= 4 is 44.6 Å². The summed E-state index contributed by atoms with van der Waals surface area (Å²) in [6.07, 6.45) is 0. The van der Waals surface area contributed by atoms with Crippen molar-refractivity contribution in [1.82, 2.24) is 0 Å². The molecular formula is C3H7Cl3OSi. The molecule has 0 saturated carbocycles. The minimum absolute atomic E-state index is 0.223. The molecule has 0 aromatic rings. The summed E-state index contributed by atoms with van der Waals surface area (Å²) in [6.45, 7) is 2.21. The van der Waals surface area contributed by atoms with Crippen LogP contribution in [-0.4, -0.2) is 20.2 Å². The van der Waals surface area contributed by atoms with Crippen LogP contribution in [0, 0.1) is 0 Å². The lowest BCUT2D eigenvalue weighted by molar-refractivity contribution is 0.348. The second-order valence-corrected chi connectivity index (χ2v) is 4.75. The minimum atomic E-state index is -1.22. The zero-order valence-corrected chi connectivity index (χ0v) is 8.14. The number of hydrogen-bond donors (Lipinski definition) is 0. The number of hydrogen-bond acceptors (Lipinski definition) is 1. The van der Waals surface area contributed by atoms with Gasteiger partial charge in [0.05, 0.1) is 6.61 Å². The lowest BCUT2D eigenvalue weighted by atomic mass is 10.9. The molecule has 0 atom stereocenters. The number of alkyl halides is 3. The first-order valence-corrected chi connectivity index (χ1v) is 5.33. The van der Waals surface area contributed by atoms with Gasteiger partial charge in [0, 0.05) is 0 Å². The molecule has 0 rings (SSSR count). The van der Waals surface area contributed by atoms with Gasteiger partial charge >= 0.3 is 0 Å². The van der Waals surface area contributed by atoms with Gasteiger partial charge in [0.15, 0.2) is 9.76 Å². The number of rotatable bonds is 2. The van der Waals surface area contributed by atoms with Gasteiger partial charge in [-0.1, -0.05) is 41.3 Å². The van der Waals surface area contributed by atoms with E-state index in [-0.39, 0.29) is 6.61 Å². The fourth-order valence-electron chi connectivity index (χ4n) is 0.218. The highest BCUT2D eigenvalue weighted by molar-refractivity contribution is 6.67. The average Bonchev–Trinajstić information content (AvgIpc) is 1.59. The molecule has 0 fully saturated rings. The molecule has 8 heavy (non-hydrogen) atoms. The third-order valence-corrected chi connectivity index (χ3v) is 1.41. The van der Waals surface area contributed by atoms with Crippen molar-refractivity contribution in [2.24, 2.45) is 0 Å². The Balaban J connectivity index is 3.11. The van der Waals surface area contributed by atoms with Crippen molar-refractivity contribution in [3.05, 3.63) is 0 Å². The lowest BCUT2D eigenvalue weighted by Crippen LogP contribution is -2.13. The third kappa shape index (κ3) is 7.05. The summed E-state index contributed by atoms with van der Waals surface area (Å²) >= 11 is 16.0. The smallest absolute Gasteiger partial charge is 0.212 e. The Hall–Kier alpha value is 1.05. The summed E-state index contributed by atoms with van der Waals surface area (Å²) in [7, 11) is -0.419. The van der Waals surface area contributed by atoms with Gasteiger partial charge in [0.1, 0.15) is 0 Å². The minimum Gasteiger partial charge on any atom is -0.420 e. The summed E-state index contributed by atoms with van der Waals surface area (Å²) in [5.74, 6) is 0. The summed E-state index contributed by atoms with van der Waals surface area (Å²) in [6, 6.07) is 0. The average molecular weight is 194 g/mol. The van der Waals surface area contributed by atoms with Crippen LogP contribution in [0.1, 0.15) is 0 Å². The highest BCUT2D eigenvalue weighted by Gasteiger charge is 2.18. The van der Waals surface area contributed by atoms with Crippen LogP contribution in [0.2, 0.25) is 6.55 Å². The predicted molar refractivity (Wildman–Crippen MR) is 40.7 cm³/mol. The van der Waals surface area contributed by atoms with Gasteiger partial charge in [0.2, 0.25) is 3.79 Å². The van der Waals surface area contributed by atoms with E-state index in [1.807, 2.05) is 6.55 Å². The van der Waals surface area contributed by atoms with E-state index in [1.54, 1.807) is 0 Å². The Morgan fingerprint density at radius 1 is 1.50 bits per heavy atom. The van der Waals surface area contributed by atoms with E-state index in [0.717, 1.165) is 0 Å². The highest BCUT2D eigenvalue weighted by Crippen LogP contribution is 2.25. The van der Waals surface area contributed by atoms with E-state index < -0.39 is 13.6 Å². The van der Waals surface area contributed by atoms with E-state index in [9.17, 15) is 0 Å². The maximum Gasteiger partial charge on any atom is 0.212 e. The van der Waals surface area contributed by atoms with Gasteiger partial charge < -0.3 is 4.43 Å². The molecule has 0 aromatic carbocycles. The highest BCUT2D eigenvalue weighted by atomic mass is 35.6. The van der Waals surface area contributed by atoms with Crippen LogP contribution in [0.25, 0.3) is 0 Å². The molecule has 5 heteroatoms. The molecule has 1 nitrogen and oxygen atoms in total. The van der Waals surface area contributed by atoms with Crippen molar-refractivity contribution in [1.29, 1.82) is 0 Å². The lowest BCUT2D eigenvalue weighted by Gasteiger charge is -2.08. The zero-order chi connectivity index (χ0) is 6.62. The second-order valence-electron chi connectivity index (χ2n) is 1.25. The molecule has 0 aromatic heterocycles. The second kappa shape index (κ2) is 3.96. The topological polar surface area (TPSA) is 9.23 Å². The Bertz CT molecular complexity index is 62.0. The Kier molecular flexibility index (Phi) is 4.48. The molecule has 0 spiro atoms. The van der Waals surface area contributed by atoms with E-state index in [2.05, 4.69) is 0 Å². The van der Waals surface area contributed by atoms with Crippen LogP contribution in [0.3, 0.4) is 0 Å². The van der Waals surface area contributed by atoms with Crippen LogP contribution < -0.4 is 0 Å². The molecule has 0 aliphatic carbocycles. The Labute approximate surface area is 66.2 Å². The summed E-state index contributed by atoms with van der Waals surface area (Å²) in [5.41, 5.74) is 0. The summed E-state index contributed by atoms with van der Waals surface area (Å²) in [4.78, 5) is 0. The van der Waals surface area contributed by atoms with Crippen molar-refractivity contribution in [3.8, 4) is 0 Å². The monoisotopic (exact) mass is 192 g/mol. The van der Waals surface area contributed by atoms with Crippen LogP contribution in [-0.2, 0) is 4.43 Å². The third-order valence-electron chi connectivity index (χ3n) is 0.470. The quantitative estimate of drug-likeness (QED) is 0.477. The van der Waals surface area contributed by atoms with Crippen molar-refractivity contribution in [2.75, 3.05) is 6.61 Å². The fourth-order valence-corrected chi connectivity index (χ4v) is 1.35. The van der Waals surface area contributed by atoms with Crippen LogP contribution in [0.4, 0.5) is 0 Å². The van der Waals surface area contributed by atoms with E-state index >= 15 is 0 Å². The SMILES string of the molecule is C[SiH2]OCC(Cl)(Cl)Cl. The van der Waals surface area contributed by atoms with Gasteiger partial charge in [-0.25, -0.2) is 0 Å². The predicted octanol–water partition coefficient (Wildman–Crippen LogP) is 1.51. The van der Waals surface area contributed by atoms with E-state index in [4.69, 9.17) is 39.2 Å². The van der Waals surface area contributed by atoms with Gasteiger partial charge in [-0.2, -0.15) is 0 Å². The molecular weight excluding hydrogens is 186 g/mol. The largest absolute Gasteiger partial charge is 0.420 e. The van der Waals surface area contributed by atoms with Gasteiger partial charge in [-0.15, -0.1) is 0 Å². The van der Waals surface area contributed by atoms with Crippen LogP contribution >= 0.6 is 34.8 Å². The Morgan fingerprint density at radius 2 is 2.00 bits per heavy atom. The molecule has 0 aliphatic heterocycles. The first kappa shape index (κ1) is 9.05. The maximum atomic E-state index is 5.34. The molecule has 0 N–H and O–H groups in total. The summed E-state index contributed by atoms with van der Waals surface area (Å²) < 4.78 is 3.72. The van der Waals surface area contributed by atoms with Crippen molar-refractivity contribution in [3.63, 3.8) is 0 Å². The van der Waals surface area contributed by atoms with Gasteiger partial charge in [-0.3, -0.25) is 0 Å². The molecule has 0 saturated heterocycles. The standard InChI is InChI=1S/C3H7Cl3OSi/c1-8-7-2-3(4,5)6/h2,8H2,1H3. The molecule has 0 unspecified atom stereocenters. The van der Waals surface area contributed by atoms with Gasteiger partial charge in [0.25, 0.3) is 0 Å². The van der Waals surface area contributed by atoms with E-state index in [1.165, 1.54) is 0 Å². The van der Waals surface area contributed by atoms with Gasteiger partial charge in [-0.05, 0) is 0 Å². The molecule has 0 radical (unpaired) electrons. The van der Waals surface area contributed by atoms with Crippen LogP contribution in [0.5, 0.6) is 0 Å². The molecule has 0 heterocycles. The molecule has 0 bridgehead atoms. The fraction of sp³-hybridized carbons (Fsp3) is 1.00. The first-order valence-electron chi connectivity index (χ1n) is 2.20. The molecule has 50 valence electrons.